The van der Waals surface area contributed by atoms with Crippen LogP contribution in [0.2, 0.25) is 5.02 Å². The number of aliphatic imine (C=N–C) groups is 1. The van der Waals surface area contributed by atoms with E-state index in [0.29, 0.717) is 19.0 Å². The fourth-order valence-electron chi connectivity index (χ4n) is 2.60. The zero-order valence-electron chi connectivity index (χ0n) is 17.7. The van der Waals surface area contributed by atoms with E-state index in [4.69, 9.17) is 16.3 Å². The van der Waals surface area contributed by atoms with Gasteiger partial charge in [-0.05, 0) is 48.2 Å². The van der Waals surface area contributed by atoms with E-state index < -0.39 is 0 Å². The lowest BCUT2D eigenvalue weighted by atomic mass is 10.1. The summed E-state index contributed by atoms with van der Waals surface area (Å²) < 4.78 is 5.18. The van der Waals surface area contributed by atoms with Gasteiger partial charge in [0.1, 0.15) is 12.3 Å². The molecule has 0 spiro atoms. The zero-order chi connectivity index (χ0) is 21.1. The summed E-state index contributed by atoms with van der Waals surface area (Å²) in [5.74, 6) is 1.42. The smallest absolute Gasteiger partial charge is 0.243 e. The Morgan fingerprint density at radius 3 is 2.23 bits per heavy atom. The highest BCUT2D eigenvalue weighted by atomic mass is 127. The average molecular weight is 545 g/mol. The Balaban J connectivity index is 0.00000450. The number of hydrogen-bond donors (Lipinski definition) is 2. The van der Waals surface area contributed by atoms with Crippen molar-refractivity contribution in [3.8, 4) is 5.75 Å². The van der Waals surface area contributed by atoms with Crippen LogP contribution in [-0.2, 0) is 17.6 Å². The van der Waals surface area contributed by atoms with Gasteiger partial charge in [-0.2, -0.15) is 0 Å². The zero-order valence-corrected chi connectivity index (χ0v) is 20.7. The number of halogens is 2. The van der Waals surface area contributed by atoms with Crippen LogP contribution >= 0.6 is 35.6 Å². The molecule has 30 heavy (non-hydrogen) atoms. The number of methoxy groups -OCH3 is 1. The molecule has 0 aliphatic carbocycles. The van der Waals surface area contributed by atoms with Crippen LogP contribution < -0.4 is 15.4 Å². The monoisotopic (exact) mass is 544 g/mol. The summed E-state index contributed by atoms with van der Waals surface area (Å²) in [5.41, 5.74) is 2.34. The van der Waals surface area contributed by atoms with Gasteiger partial charge in [-0.25, -0.2) is 4.99 Å². The van der Waals surface area contributed by atoms with Crippen molar-refractivity contribution in [2.75, 3.05) is 40.8 Å². The molecule has 0 unspecified atom stereocenters. The number of amides is 1. The maximum Gasteiger partial charge on any atom is 0.243 e. The van der Waals surface area contributed by atoms with E-state index in [1.54, 1.807) is 21.2 Å². The van der Waals surface area contributed by atoms with Gasteiger partial charge in [-0.1, -0.05) is 35.9 Å². The van der Waals surface area contributed by atoms with Crippen LogP contribution in [0.25, 0.3) is 0 Å². The molecule has 164 valence electrons. The van der Waals surface area contributed by atoms with Crippen LogP contribution in [0.4, 0.5) is 0 Å². The summed E-state index contributed by atoms with van der Waals surface area (Å²) >= 11 is 6.04. The predicted molar refractivity (Wildman–Crippen MR) is 134 cm³/mol. The van der Waals surface area contributed by atoms with E-state index in [9.17, 15) is 4.79 Å². The molecule has 8 heteroatoms. The minimum Gasteiger partial charge on any atom is -0.497 e. The Morgan fingerprint density at radius 1 is 1.03 bits per heavy atom. The number of guanidine groups is 1. The Labute approximate surface area is 201 Å². The van der Waals surface area contributed by atoms with Crippen molar-refractivity contribution in [1.82, 2.24) is 15.5 Å². The predicted octanol–water partition coefficient (Wildman–Crippen LogP) is 3.38. The minimum atomic E-state index is -0.0453. The molecule has 6 nitrogen and oxygen atoms in total. The maximum atomic E-state index is 11.9. The first-order chi connectivity index (χ1) is 14.0. The molecule has 2 aromatic rings. The second-order valence-electron chi connectivity index (χ2n) is 6.78. The van der Waals surface area contributed by atoms with E-state index in [0.717, 1.165) is 29.2 Å². The first-order valence-electron chi connectivity index (χ1n) is 9.57. The highest BCUT2D eigenvalue weighted by Gasteiger charge is 2.05. The van der Waals surface area contributed by atoms with Crippen LogP contribution in [0.5, 0.6) is 5.75 Å². The van der Waals surface area contributed by atoms with Gasteiger partial charge in [0.2, 0.25) is 5.91 Å². The molecule has 0 radical (unpaired) electrons. The van der Waals surface area contributed by atoms with Gasteiger partial charge in [-0.3, -0.25) is 4.79 Å². The number of likely N-dealkylation sites (N-methyl/N-ethyl adjacent to an activating group) is 1. The number of hydrogen-bond acceptors (Lipinski definition) is 3. The molecule has 0 atom stereocenters. The topological polar surface area (TPSA) is 66.0 Å². The Bertz CT molecular complexity index is 813. The number of nitrogens with zero attached hydrogens (tertiary/aromatic N) is 2. The molecule has 0 bridgehead atoms. The number of carbonyl (C=O) groups excluding carboxylic acids is 1. The first kappa shape index (κ1) is 26.0. The Kier molecular flexibility index (Phi) is 12.2. The van der Waals surface area contributed by atoms with Crippen LogP contribution in [0.3, 0.4) is 0 Å². The van der Waals surface area contributed by atoms with Crippen LogP contribution in [-0.4, -0.2) is 57.6 Å². The normalized spacial score (nSPS) is 10.7. The van der Waals surface area contributed by atoms with Gasteiger partial charge in [0.15, 0.2) is 5.96 Å². The third-order valence-electron chi connectivity index (χ3n) is 4.33. The van der Waals surface area contributed by atoms with Crippen molar-refractivity contribution in [1.29, 1.82) is 0 Å². The van der Waals surface area contributed by atoms with Gasteiger partial charge < -0.3 is 20.3 Å². The SMILES string of the molecule is COc1ccc(CCNC(=NCC(=O)N(C)C)NCCc2cccc(Cl)c2)cc1.I. The molecule has 0 aromatic heterocycles. The third kappa shape index (κ3) is 9.67. The van der Waals surface area contributed by atoms with Crippen molar-refractivity contribution < 1.29 is 9.53 Å². The second-order valence-corrected chi connectivity index (χ2v) is 7.22. The summed E-state index contributed by atoms with van der Waals surface area (Å²) in [7, 11) is 5.10. The molecule has 0 aliphatic rings. The molecule has 2 rings (SSSR count). The van der Waals surface area contributed by atoms with Crippen molar-refractivity contribution >= 4 is 47.4 Å². The lowest BCUT2D eigenvalue weighted by Gasteiger charge is -2.14. The molecule has 2 aromatic carbocycles. The maximum absolute atomic E-state index is 11.9. The number of benzene rings is 2. The fourth-order valence-corrected chi connectivity index (χ4v) is 2.81. The molecular formula is C22H30ClIN4O2. The van der Waals surface area contributed by atoms with Crippen molar-refractivity contribution in [2.45, 2.75) is 12.8 Å². The summed E-state index contributed by atoms with van der Waals surface area (Å²) in [5, 5.41) is 7.32. The van der Waals surface area contributed by atoms with Gasteiger partial charge in [-0.15, -0.1) is 24.0 Å². The van der Waals surface area contributed by atoms with Gasteiger partial charge in [0.05, 0.1) is 7.11 Å². The summed E-state index contributed by atoms with van der Waals surface area (Å²) in [4.78, 5) is 17.8. The van der Waals surface area contributed by atoms with Crippen molar-refractivity contribution in [2.24, 2.45) is 4.99 Å². The van der Waals surface area contributed by atoms with Gasteiger partial charge in [0.25, 0.3) is 0 Å². The molecule has 0 saturated heterocycles. The van der Waals surface area contributed by atoms with E-state index in [-0.39, 0.29) is 36.4 Å². The highest BCUT2D eigenvalue weighted by Crippen LogP contribution is 2.11. The Morgan fingerprint density at radius 2 is 1.67 bits per heavy atom. The Hall–Kier alpha value is -2.00. The summed E-state index contributed by atoms with van der Waals surface area (Å²) in [6.45, 7) is 1.48. The quantitative estimate of drug-likeness (QED) is 0.289. The lowest BCUT2D eigenvalue weighted by molar-refractivity contribution is -0.127. The molecule has 0 aliphatic heterocycles. The van der Waals surface area contributed by atoms with Gasteiger partial charge >= 0.3 is 0 Å². The lowest BCUT2D eigenvalue weighted by Crippen LogP contribution is -2.40. The van der Waals surface area contributed by atoms with E-state index in [2.05, 4.69) is 15.6 Å². The first-order valence-corrected chi connectivity index (χ1v) is 9.95. The largest absolute Gasteiger partial charge is 0.497 e. The third-order valence-corrected chi connectivity index (χ3v) is 4.57. The van der Waals surface area contributed by atoms with Crippen LogP contribution in [0, 0.1) is 0 Å². The number of rotatable bonds is 9. The number of nitrogens with one attached hydrogen (secondary N) is 2. The molecule has 1 amide bonds. The molecule has 0 saturated carbocycles. The highest BCUT2D eigenvalue weighted by molar-refractivity contribution is 14.0. The van der Waals surface area contributed by atoms with Crippen LogP contribution in [0.15, 0.2) is 53.5 Å². The summed E-state index contributed by atoms with van der Waals surface area (Å²) in [6, 6.07) is 15.8. The number of ether oxygens (including phenoxy) is 1. The molecule has 0 fully saturated rings. The molecule has 0 heterocycles. The average Bonchev–Trinajstić information content (AvgIpc) is 2.71. The molecular weight excluding hydrogens is 515 g/mol. The second kappa shape index (κ2) is 14.1. The fraction of sp³-hybridized carbons (Fsp3) is 0.364. The van der Waals surface area contributed by atoms with Gasteiger partial charge in [0, 0.05) is 32.2 Å². The van der Waals surface area contributed by atoms with Crippen molar-refractivity contribution in [3.63, 3.8) is 0 Å². The van der Waals surface area contributed by atoms with E-state index in [1.807, 2.05) is 48.5 Å². The minimum absolute atomic E-state index is 0. The molecule has 2 N–H and O–H groups in total. The van der Waals surface area contributed by atoms with Crippen molar-refractivity contribution in [3.05, 3.63) is 64.7 Å². The van der Waals surface area contributed by atoms with Crippen LogP contribution in [0.1, 0.15) is 11.1 Å². The number of carbonyl (C=O) groups is 1. The summed E-state index contributed by atoms with van der Waals surface area (Å²) in [6.07, 6.45) is 1.64. The van der Waals surface area contributed by atoms with E-state index >= 15 is 0 Å². The standard InChI is InChI=1S/C22H29ClN4O2.HI/c1-27(2)21(28)16-26-22(25-14-12-18-5-4-6-19(23)15-18)24-13-11-17-7-9-20(29-3)10-8-17;/h4-10,15H,11-14,16H2,1-3H3,(H2,24,25,26);1H. The van der Waals surface area contributed by atoms with E-state index in [1.165, 1.54) is 10.5 Å².